The molecule has 0 aliphatic rings. The number of nitrogens with zero attached hydrogens (tertiary/aromatic N) is 2. The summed E-state index contributed by atoms with van der Waals surface area (Å²) in [7, 11) is 0. The summed E-state index contributed by atoms with van der Waals surface area (Å²) in [5.41, 5.74) is 0.543. The van der Waals surface area contributed by atoms with E-state index in [-0.39, 0.29) is 18.8 Å². The molecule has 2 rings (SSSR count). The number of alkyl halides is 3. The van der Waals surface area contributed by atoms with Crippen molar-refractivity contribution < 1.29 is 27.4 Å². The maximum absolute atomic E-state index is 13.7. The third kappa shape index (κ3) is 3.88. The van der Waals surface area contributed by atoms with Crippen molar-refractivity contribution in [1.29, 1.82) is 0 Å². The molecule has 2 aromatic rings. The van der Waals surface area contributed by atoms with E-state index >= 15 is 0 Å². The molecule has 0 unspecified atom stereocenters. The van der Waals surface area contributed by atoms with Gasteiger partial charge in [-0.1, -0.05) is 6.07 Å². The van der Waals surface area contributed by atoms with Crippen LogP contribution in [0.5, 0.6) is 11.6 Å². The molecule has 112 valence electrons. The van der Waals surface area contributed by atoms with Crippen LogP contribution in [0.15, 0.2) is 30.5 Å². The lowest BCUT2D eigenvalue weighted by Crippen LogP contribution is -2.11. The molecule has 0 aliphatic carbocycles. The number of hydrogen-bond donors (Lipinski definition) is 1. The summed E-state index contributed by atoms with van der Waals surface area (Å²) in [4.78, 5) is 6.25. The minimum atomic E-state index is -4.71. The normalized spacial score (nSPS) is 11.5. The molecule has 0 bridgehead atoms. The Morgan fingerprint density at radius 2 is 1.95 bits per heavy atom. The maximum atomic E-state index is 13.7. The summed E-state index contributed by atoms with van der Waals surface area (Å²) in [6.07, 6.45) is -3.56. The molecule has 0 amide bonds. The molecule has 4 nitrogen and oxygen atoms in total. The highest BCUT2D eigenvalue weighted by Crippen LogP contribution is 2.29. The van der Waals surface area contributed by atoms with E-state index in [1.165, 1.54) is 12.1 Å². The molecule has 21 heavy (non-hydrogen) atoms. The summed E-state index contributed by atoms with van der Waals surface area (Å²) in [6, 6.07) is 4.99. The summed E-state index contributed by atoms with van der Waals surface area (Å²) in [5.74, 6) is -2.79. The Morgan fingerprint density at radius 3 is 2.57 bits per heavy atom. The van der Waals surface area contributed by atoms with Crippen LogP contribution in [0.1, 0.15) is 11.4 Å². The Bertz CT molecular complexity index is 632. The van der Waals surface area contributed by atoms with E-state index in [4.69, 9.17) is 9.84 Å². The van der Waals surface area contributed by atoms with Crippen LogP contribution in [0.25, 0.3) is 0 Å². The quantitative estimate of drug-likeness (QED) is 0.882. The van der Waals surface area contributed by atoms with Crippen molar-refractivity contribution in [3.63, 3.8) is 0 Å². The van der Waals surface area contributed by atoms with Gasteiger partial charge in [0.05, 0.1) is 0 Å². The van der Waals surface area contributed by atoms with Gasteiger partial charge < -0.3 is 9.84 Å². The molecule has 1 heterocycles. The van der Waals surface area contributed by atoms with Crippen LogP contribution in [0, 0.1) is 5.82 Å². The molecule has 0 radical (unpaired) electrons. The number of aromatic nitrogens is 2. The lowest BCUT2D eigenvalue weighted by atomic mass is 10.1. The first kappa shape index (κ1) is 15.2. The Balaban J connectivity index is 2.22. The number of halogens is 4. The molecule has 0 spiro atoms. The minimum Gasteiger partial charge on any atom is -0.436 e. The third-order valence-electron chi connectivity index (χ3n) is 2.49. The van der Waals surface area contributed by atoms with Crippen molar-refractivity contribution >= 4 is 0 Å². The fourth-order valence-corrected chi connectivity index (χ4v) is 1.56. The molecular formula is C13H10F4N2O2. The monoisotopic (exact) mass is 302 g/mol. The van der Waals surface area contributed by atoms with Gasteiger partial charge in [-0.25, -0.2) is 9.37 Å². The van der Waals surface area contributed by atoms with Gasteiger partial charge in [0, 0.05) is 18.9 Å². The molecular weight excluding hydrogens is 292 g/mol. The first-order valence-corrected chi connectivity index (χ1v) is 5.87. The van der Waals surface area contributed by atoms with Crippen molar-refractivity contribution in [2.24, 2.45) is 0 Å². The Morgan fingerprint density at radius 1 is 1.19 bits per heavy atom. The molecule has 0 saturated heterocycles. The lowest BCUT2D eigenvalue weighted by Gasteiger charge is -2.09. The molecule has 0 aliphatic heterocycles. The molecule has 1 N–H and O–H groups in total. The van der Waals surface area contributed by atoms with Gasteiger partial charge in [0.25, 0.3) is 0 Å². The van der Waals surface area contributed by atoms with Gasteiger partial charge in [0.2, 0.25) is 11.7 Å². The van der Waals surface area contributed by atoms with E-state index in [1.807, 2.05) is 0 Å². The van der Waals surface area contributed by atoms with Gasteiger partial charge in [-0.15, -0.1) is 0 Å². The number of rotatable bonds is 4. The zero-order valence-corrected chi connectivity index (χ0v) is 10.6. The predicted octanol–water partition coefficient (Wildman–Crippen LogP) is 2.96. The SMILES string of the molecule is OCCc1ccc(Oc2ccnc(C(F)(F)F)n2)c(F)c1. The van der Waals surface area contributed by atoms with Crippen molar-refractivity contribution in [2.45, 2.75) is 12.6 Å². The van der Waals surface area contributed by atoms with E-state index < -0.39 is 23.7 Å². The van der Waals surface area contributed by atoms with Crippen LogP contribution in [0.2, 0.25) is 0 Å². The summed E-state index contributed by atoms with van der Waals surface area (Å²) in [5, 5.41) is 8.74. The largest absolute Gasteiger partial charge is 0.451 e. The van der Waals surface area contributed by atoms with Crippen LogP contribution >= 0.6 is 0 Å². The second-order valence-corrected chi connectivity index (χ2v) is 4.06. The number of benzene rings is 1. The fourth-order valence-electron chi connectivity index (χ4n) is 1.56. The van der Waals surface area contributed by atoms with Gasteiger partial charge in [0.1, 0.15) is 0 Å². The van der Waals surface area contributed by atoms with Crippen LogP contribution in [0.3, 0.4) is 0 Å². The highest BCUT2D eigenvalue weighted by molar-refractivity contribution is 5.32. The van der Waals surface area contributed by atoms with Crippen LogP contribution < -0.4 is 4.74 Å². The highest BCUT2D eigenvalue weighted by Gasteiger charge is 2.34. The Kier molecular flexibility index (Phi) is 4.37. The van der Waals surface area contributed by atoms with Gasteiger partial charge in [-0.05, 0) is 24.1 Å². The second-order valence-electron chi connectivity index (χ2n) is 4.06. The lowest BCUT2D eigenvalue weighted by molar-refractivity contribution is -0.145. The number of aliphatic hydroxyl groups excluding tert-OH is 1. The van der Waals surface area contributed by atoms with Crippen molar-refractivity contribution in [1.82, 2.24) is 9.97 Å². The number of ether oxygens (including phenoxy) is 1. The highest BCUT2D eigenvalue weighted by atomic mass is 19.4. The van der Waals surface area contributed by atoms with Crippen LogP contribution in [-0.2, 0) is 12.6 Å². The van der Waals surface area contributed by atoms with Gasteiger partial charge >= 0.3 is 6.18 Å². The van der Waals surface area contributed by atoms with E-state index in [2.05, 4.69) is 9.97 Å². The standard InChI is InChI=1S/C13H10F4N2O2/c14-9-7-8(4-6-20)1-2-10(9)21-11-3-5-18-12(19-11)13(15,16)17/h1-3,5,7,20H,4,6H2. The van der Waals surface area contributed by atoms with Gasteiger partial charge in [0.15, 0.2) is 11.6 Å². The smallest absolute Gasteiger partial charge is 0.436 e. The molecule has 1 aromatic carbocycles. The van der Waals surface area contributed by atoms with E-state index in [0.717, 1.165) is 18.3 Å². The van der Waals surface area contributed by atoms with E-state index in [9.17, 15) is 17.6 Å². The van der Waals surface area contributed by atoms with Crippen LogP contribution in [-0.4, -0.2) is 21.7 Å². The average molecular weight is 302 g/mol. The number of hydrogen-bond acceptors (Lipinski definition) is 4. The molecule has 0 fully saturated rings. The maximum Gasteiger partial charge on any atom is 0.451 e. The topological polar surface area (TPSA) is 55.2 Å². The van der Waals surface area contributed by atoms with Crippen LogP contribution in [0.4, 0.5) is 17.6 Å². The van der Waals surface area contributed by atoms with Gasteiger partial charge in [-0.3, -0.25) is 0 Å². The van der Waals surface area contributed by atoms with Crippen molar-refractivity contribution in [3.8, 4) is 11.6 Å². The zero-order chi connectivity index (χ0) is 15.5. The van der Waals surface area contributed by atoms with E-state index in [0.29, 0.717) is 5.56 Å². The van der Waals surface area contributed by atoms with Crippen molar-refractivity contribution in [2.75, 3.05) is 6.61 Å². The van der Waals surface area contributed by atoms with Gasteiger partial charge in [-0.2, -0.15) is 18.2 Å². The Hall–Kier alpha value is -2.22. The second kappa shape index (κ2) is 6.04. The average Bonchev–Trinajstić information content (AvgIpc) is 2.42. The molecule has 1 aromatic heterocycles. The minimum absolute atomic E-state index is 0.138. The number of aliphatic hydroxyl groups is 1. The first-order valence-electron chi connectivity index (χ1n) is 5.87. The Labute approximate surface area is 117 Å². The summed E-state index contributed by atoms with van der Waals surface area (Å²) in [6.45, 7) is -0.138. The fraction of sp³-hybridized carbons (Fsp3) is 0.231. The summed E-state index contributed by atoms with van der Waals surface area (Å²) < 4.78 is 56.0. The molecule has 0 atom stereocenters. The summed E-state index contributed by atoms with van der Waals surface area (Å²) >= 11 is 0. The molecule has 0 saturated carbocycles. The van der Waals surface area contributed by atoms with E-state index in [1.54, 1.807) is 0 Å². The van der Waals surface area contributed by atoms with Crippen molar-refractivity contribution in [3.05, 3.63) is 47.7 Å². The third-order valence-corrected chi connectivity index (χ3v) is 2.49. The predicted molar refractivity (Wildman–Crippen MR) is 64.3 cm³/mol. The first-order chi connectivity index (χ1) is 9.90. The zero-order valence-electron chi connectivity index (χ0n) is 10.6. The molecule has 8 heteroatoms.